The van der Waals surface area contributed by atoms with Gasteiger partial charge < -0.3 is 4.42 Å². The van der Waals surface area contributed by atoms with Crippen LogP contribution < -0.4 is 0 Å². The highest BCUT2D eigenvalue weighted by Gasteiger charge is 2.23. The van der Waals surface area contributed by atoms with Crippen LogP contribution in [0.3, 0.4) is 0 Å². The van der Waals surface area contributed by atoms with Gasteiger partial charge in [-0.2, -0.15) is 0 Å². The minimum Gasteiger partial charge on any atom is -0.456 e. The summed E-state index contributed by atoms with van der Waals surface area (Å²) in [5, 5.41) is 14.7. The van der Waals surface area contributed by atoms with Gasteiger partial charge in [-0.05, 0) is 112 Å². The zero-order chi connectivity index (χ0) is 33.5. The minimum absolute atomic E-state index is 0.899. The van der Waals surface area contributed by atoms with E-state index >= 15 is 0 Å². The molecular weight excluding hydrogens is 617 g/mol. The van der Waals surface area contributed by atoms with Crippen molar-refractivity contribution in [3.8, 4) is 33.4 Å². The van der Waals surface area contributed by atoms with Crippen molar-refractivity contribution < 1.29 is 4.42 Å². The van der Waals surface area contributed by atoms with Gasteiger partial charge in [0.1, 0.15) is 11.2 Å². The summed E-state index contributed by atoms with van der Waals surface area (Å²) in [5.74, 6) is 0. The Hall–Kier alpha value is -6.70. The number of para-hydroxylation sites is 1. The maximum absolute atomic E-state index is 6.55. The van der Waals surface area contributed by atoms with E-state index in [1.54, 1.807) is 0 Å². The van der Waals surface area contributed by atoms with E-state index in [-0.39, 0.29) is 0 Å². The molecule has 1 heteroatoms. The Kier molecular flexibility index (Phi) is 6.02. The summed E-state index contributed by atoms with van der Waals surface area (Å²) in [5.41, 5.74) is 9.14. The van der Waals surface area contributed by atoms with Crippen LogP contribution >= 0.6 is 0 Å². The number of benzene rings is 10. The molecule has 0 saturated heterocycles. The van der Waals surface area contributed by atoms with E-state index in [9.17, 15) is 0 Å². The quantitative estimate of drug-likeness (QED) is 0.138. The molecule has 0 N–H and O–H groups in total. The molecule has 1 heterocycles. The molecule has 11 rings (SSSR count). The fourth-order valence-electron chi connectivity index (χ4n) is 8.63. The van der Waals surface area contributed by atoms with Crippen LogP contribution in [-0.2, 0) is 0 Å². The SMILES string of the molecule is c1ccc2c(-c3cc4oc5ccccc5c4cc3-c3c4ccccc4c(-c4cc5ccccc5c5ccccc45)c4ccccc34)cccc2c1. The average molecular weight is 647 g/mol. The minimum atomic E-state index is 0.899. The molecule has 51 heavy (non-hydrogen) atoms. The molecule has 0 unspecified atom stereocenters. The van der Waals surface area contributed by atoms with Crippen LogP contribution in [0.5, 0.6) is 0 Å². The van der Waals surface area contributed by atoms with Crippen molar-refractivity contribution >= 4 is 75.8 Å². The molecule has 0 aliphatic rings. The van der Waals surface area contributed by atoms with Gasteiger partial charge in [0.05, 0.1) is 0 Å². The predicted molar refractivity (Wildman–Crippen MR) is 218 cm³/mol. The highest BCUT2D eigenvalue weighted by molar-refractivity contribution is 6.27. The zero-order valence-corrected chi connectivity index (χ0v) is 27.7. The van der Waals surface area contributed by atoms with Crippen LogP contribution in [0.1, 0.15) is 0 Å². The molecule has 0 bridgehead atoms. The molecule has 0 aliphatic heterocycles. The third-order valence-corrected chi connectivity index (χ3v) is 10.8. The topological polar surface area (TPSA) is 13.1 Å². The van der Waals surface area contributed by atoms with E-state index in [0.717, 1.165) is 27.5 Å². The maximum atomic E-state index is 6.55. The lowest BCUT2D eigenvalue weighted by Gasteiger charge is -2.21. The fraction of sp³-hybridized carbons (Fsp3) is 0. The summed E-state index contributed by atoms with van der Waals surface area (Å²) in [6.45, 7) is 0. The third-order valence-electron chi connectivity index (χ3n) is 10.8. The van der Waals surface area contributed by atoms with Crippen LogP contribution in [0.2, 0.25) is 0 Å². The number of hydrogen-bond acceptors (Lipinski definition) is 1. The number of furan rings is 1. The highest BCUT2D eigenvalue weighted by atomic mass is 16.3. The first-order valence-electron chi connectivity index (χ1n) is 17.6. The number of fused-ring (bicyclic) bond motifs is 9. The van der Waals surface area contributed by atoms with Crippen LogP contribution in [-0.4, -0.2) is 0 Å². The second-order valence-corrected chi connectivity index (χ2v) is 13.6. The molecule has 0 spiro atoms. The van der Waals surface area contributed by atoms with Crippen molar-refractivity contribution in [1.29, 1.82) is 0 Å². The van der Waals surface area contributed by atoms with Gasteiger partial charge in [0.15, 0.2) is 0 Å². The van der Waals surface area contributed by atoms with E-state index < -0.39 is 0 Å². The van der Waals surface area contributed by atoms with E-state index in [0.29, 0.717) is 0 Å². The summed E-state index contributed by atoms with van der Waals surface area (Å²) in [7, 11) is 0. The molecule has 0 aliphatic carbocycles. The first-order chi connectivity index (χ1) is 25.3. The molecule has 0 fully saturated rings. The molecule has 0 radical (unpaired) electrons. The molecule has 236 valence electrons. The van der Waals surface area contributed by atoms with Crippen molar-refractivity contribution in [1.82, 2.24) is 0 Å². The van der Waals surface area contributed by atoms with Gasteiger partial charge in [-0.1, -0.05) is 158 Å². The summed E-state index contributed by atoms with van der Waals surface area (Å²) < 4.78 is 6.55. The molecule has 11 aromatic rings. The van der Waals surface area contributed by atoms with Crippen LogP contribution in [0.4, 0.5) is 0 Å². The number of hydrogen-bond donors (Lipinski definition) is 0. The Morgan fingerprint density at radius 1 is 0.235 bits per heavy atom. The Bertz CT molecular complexity index is 3130. The normalized spacial score (nSPS) is 11.9. The van der Waals surface area contributed by atoms with E-state index in [2.05, 4.69) is 176 Å². The molecule has 1 aromatic heterocycles. The van der Waals surface area contributed by atoms with Crippen LogP contribution in [0.25, 0.3) is 109 Å². The molecule has 10 aromatic carbocycles. The van der Waals surface area contributed by atoms with Crippen molar-refractivity contribution in [2.24, 2.45) is 0 Å². The zero-order valence-electron chi connectivity index (χ0n) is 27.7. The van der Waals surface area contributed by atoms with Gasteiger partial charge in [-0.3, -0.25) is 0 Å². The van der Waals surface area contributed by atoms with Gasteiger partial charge in [0, 0.05) is 10.8 Å². The second-order valence-electron chi connectivity index (χ2n) is 13.6. The Balaban J connectivity index is 1.32. The lowest BCUT2D eigenvalue weighted by atomic mass is 9.81. The van der Waals surface area contributed by atoms with Crippen LogP contribution in [0.15, 0.2) is 186 Å². The Morgan fingerprint density at radius 2 is 0.745 bits per heavy atom. The molecule has 0 saturated carbocycles. The lowest BCUT2D eigenvalue weighted by molar-refractivity contribution is 0.669. The standard InChI is InChI=1S/C50H30O/c1-3-17-33-31(14-1)16-13-26-36(33)43-30-48-44(38-21-11-12-27-47(38)51-48)29-46(43)50-41-24-9-7-22-39(41)49(40-23-8-10-25-42(40)50)45-28-32-15-2-4-18-34(32)35-19-5-6-20-37(35)45/h1-30H. The first kappa shape index (κ1) is 28.2. The Morgan fingerprint density at radius 3 is 1.45 bits per heavy atom. The highest BCUT2D eigenvalue weighted by Crippen LogP contribution is 2.50. The monoisotopic (exact) mass is 646 g/mol. The Labute approximate surface area is 294 Å². The van der Waals surface area contributed by atoms with Crippen molar-refractivity contribution in [3.05, 3.63) is 182 Å². The number of rotatable bonds is 3. The maximum Gasteiger partial charge on any atom is 0.136 e. The van der Waals surface area contributed by atoms with E-state index in [1.165, 1.54) is 81.7 Å². The third kappa shape index (κ3) is 4.16. The van der Waals surface area contributed by atoms with Crippen LogP contribution in [0, 0.1) is 0 Å². The summed E-state index contributed by atoms with van der Waals surface area (Å²) in [6, 6.07) is 66.4. The predicted octanol–water partition coefficient (Wildman–Crippen LogP) is 14.4. The lowest BCUT2D eigenvalue weighted by Crippen LogP contribution is -1.94. The summed E-state index contributed by atoms with van der Waals surface area (Å²) >= 11 is 0. The van der Waals surface area contributed by atoms with Crippen molar-refractivity contribution in [3.63, 3.8) is 0 Å². The molecular formula is C50H30O. The van der Waals surface area contributed by atoms with Crippen molar-refractivity contribution in [2.75, 3.05) is 0 Å². The van der Waals surface area contributed by atoms with Gasteiger partial charge in [0.2, 0.25) is 0 Å². The second kappa shape index (κ2) is 10.9. The van der Waals surface area contributed by atoms with Crippen molar-refractivity contribution in [2.45, 2.75) is 0 Å². The van der Waals surface area contributed by atoms with Gasteiger partial charge in [0.25, 0.3) is 0 Å². The van der Waals surface area contributed by atoms with E-state index in [4.69, 9.17) is 4.42 Å². The van der Waals surface area contributed by atoms with Gasteiger partial charge in [-0.25, -0.2) is 0 Å². The molecule has 0 atom stereocenters. The molecule has 0 amide bonds. The van der Waals surface area contributed by atoms with Gasteiger partial charge >= 0.3 is 0 Å². The molecule has 1 nitrogen and oxygen atoms in total. The summed E-state index contributed by atoms with van der Waals surface area (Å²) in [4.78, 5) is 0. The fourth-order valence-corrected chi connectivity index (χ4v) is 8.63. The largest absolute Gasteiger partial charge is 0.456 e. The van der Waals surface area contributed by atoms with E-state index in [1.807, 2.05) is 6.07 Å². The first-order valence-corrected chi connectivity index (χ1v) is 17.6. The average Bonchev–Trinajstić information content (AvgIpc) is 3.56. The smallest absolute Gasteiger partial charge is 0.136 e. The van der Waals surface area contributed by atoms with Gasteiger partial charge in [-0.15, -0.1) is 0 Å². The summed E-state index contributed by atoms with van der Waals surface area (Å²) in [6.07, 6.45) is 0.